The largest absolute Gasteiger partial charge is 0.477 e. The lowest BCUT2D eigenvalue weighted by atomic mass is 9.96. The zero-order valence-electron chi connectivity index (χ0n) is 17.1. The first-order chi connectivity index (χ1) is 13.6. The van der Waals surface area contributed by atoms with Gasteiger partial charge in [0.25, 0.3) is 0 Å². The van der Waals surface area contributed by atoms with Gasteiger partial charge in [-0.15, -0.1) is 24.0 Å². The fourth-order valence-electron chi connectivity index (χ4n) is 2.78. The zero-order valence-corrected chi connectivity index (χ0v) is 19.4. The van der Waals surface area contributed by atoms with Crippen molar-refractivity contribution in [1.82, 2.24) is 15.6 Å². The molecule has 1 aromatic heterocycles. The standard InChI is InChI=1S/C22H30N4O2.HI/c1-3-23-21(26-16-22(2,27)19-7-5-4-6-8-19)25-14-18-11-12-24-20(13-18)28-15-17-9-10-17;/h4-8,11-13,17,27H,3,9-10,14-16H2,1-2H3,(H2,23,25,26);1H. The second kappa shape index (κ2) is 11.3. The number of guanidine groups is 1. The molecular formula is C22H31IN4O2. The van der Waals surface area contributed by atoms with Gasteiger partial charge in [-0.05, 0) is 49.8 Å². The van der Waals surface area contributed by atoms with Crippen molar-refractivity contribution in [2.45, 2.75) is 38.8 Å². The summed E-state index contributed by atoms with van der Waals surface area (Å²) in [5.74, 6) is 2.02. The predicted octanol–water partition coefficient (Wildman–Crippen LogP) is 3.45. The van der Waals surface area contributed by atoms with Crippen molar-refractivity contribution < 1.29 is 9.84 Å². The van der Waals surface area contributed by atoms with E-state index >= 15 is 0 Å². The quantitative estimate of drug-likeness (QED) is 0.274. The summed E-state index contributed by atoms with van der Waals surface area (Å²) in [5, 5.41) is 17.2. The molecule has 0 spiro atoms. The average Bonchev–Trinajstić information content (AvgIpc) is 3.54. The van der Waals surface area contributed by atoms with Crippen LogP contribution in [0, 0.1) is 5.92 Å². The van der Waals surface area contributed by atoms with Crippen molar-refractivity contribution in [1.29, 1.82) is 0 Å². The number of halogens is 1. The van der Waals surface area contributed by atoms with Crippen LogP contribution in [0.15, 0.2) is 53.7 Å². The molecule has 29 heavy (non-hydrogen) atoms. The lowest BCUT2D eigenvalue weighted by Crippen LogP contribution is -2.44. The maximum absolute atomic E-state index is 10.8. The first-order valence-electron chi connectivity index (χ1n) is 9.94. The van der Waals surface area contributed by atoms with Gasteiger partial charge in [0, 0.05) is 18.8 Å². The zero-order chi connectivity index (χ0) is 19.8. The molecule has 1 saturated carbocycles. The Balaban J connectivity index is 0.00000300. The van der Waals surface area contributed by atoms with E-state index in [0.717, 1.165) is 24.3 Å². The van der Waals surface area contributed by atoms with Crippen LogP contribution in [-0.2, 0) is 12.1 Å². The second-order valence-electron chi connectivity index (χ2n) is 7.45. The van der Waals surface area contributed by atoms with Gasteiger partial charge in [0.1, 0.15) is 5.60 Å². The first kappa shape index (κ1) is 23.4. The Labute approximate surface area is 190 Å². The molecule has 6 nitrogen and oxygen atoms in total. The highest BCUT2D eigenvalue weighted by Crippen LogP contribution is 2.29. The fourth-order valence-corrected chi connectivity index (χ4v) is 2.78. The number of aliphatic imine (C=N–C) groups is 1. The lowest BCUT2D eigenvalue weighted by molar-refractivity contribution is 0.0617. The van der Waals surface area contributed by atoms with Crippen molar-refractivity contribution >= 4 is 29.9 Å². The Morgan fingerprint density at radius 1 is 1.24 bits per heavy atom. The summed E-state index contributed by atoms with van der Waals surface area (Å²) in [7, 11) is 0. The molecule has 7 heteroatoms. The first-order valence-corrected chi connectivity index (χ1v) is 9.94. The maximum Gasteiger partial charge on any atom is 0.213 e. The van der Waals surface area contributed by atoms with Crippen LogP contribution in [0.5, 0.6) is 5.88 Å². The van der Waals surface area contributed by atoms with Crippen molar-refractivity contribution in [2.24, 2.45) is 10.9 Å². The van der Waals surface area contributed by atoms with Gasteiger partial charge < -0.3 is 20.5 Å². The van der Waals surface area contributed by atoms with E-state index in [1.165, 1.54) is 12.8 Å². The molecule has 3 N–H and O–H groups in total. The van der Waals surface area contributed by atoms with Gasteiger partial charge in [-0.25, -0.2) is 9.98 Å². The molecule has 2 aromatic rings. The molecule has 1 fully saturated rings. The molecular weight excluding hydrogens is 479 g/mol. The molecule has 3 rings (SSSR count). The van der Waals surface area contributed by atoms with E-state index in [-0.39, 0.29) is 24.0 Å². The van der Waals surface area contributed by atoms with Crippen LogP contribution in [0.4, 0.5) is 0 Å². The Morgan fingerprint density at radius 2 is 2.00 bits per heavy atom. The number of benzene rings is 1. The second-order valence-corrected chi connectivity index (χ2v) is 7.45. The van der Waals surface area contributed by atoms with Crippen molar-refractivity contribution in [2.75, 3.05) is 19.7 Å². The molecule has 1 aliphatic rings. The normalized spacial score (nSPS) is 15.8. The maximum atomic E-state index is 10.8. The number of hydrogen-bond acceptors (Lipinski definition) is 4. The van der Waals surface area contributed by atoms with E-state index in [2.05, 4.69) is 20.6 Å². The van der Waals surface area contributed by atoms with Crippen LogP contribution in [0.2, 0.25) is 0 Å². The minimum Gasteiger partial charge on any atom is -0.477 e. The fraction of sp³-hybridized carbons (Fsp3) is 0.455. The molecule has 0 radical (unpaired) electrons. The third kappa shape index (κ3) is 7.81. The van der Waals surface area contributed by atoms with Gasteiger partial charge in [0.15, 0.2) is 5.96 Å². The summed E-state index contributed by atoms with van der Waals surface area (Å²) < 4.78 is 5.74. The lowest BCUT2D eigenvalue weighted by Gasteiger charge is -2.25. The summed E-state index contributed by atoms with van der Waals surface area (Å²) in [6, 6.07) is 13.5. The van der Waals surface area contributed by atoms with E-state index in [0.29, 0.717) is 30.8 Å². The van der Waals surface area contributed by atoms with Crippen LogP contribution in [0.3, 0.4) is 0 Å². The molecule has 1 heterocycles. The number of nitrogens with one attached hydrogen (secondary N) is 2. The molecule has 0 saturated heterocycles. The van der Waals surface area contributed by atoms with E-state index in [4.69, 9.17) is 4.74 Å². The minimum absolute atomic E-state index is 0. The van der Waals surface area contributed by atoms with Gasteiger partial charge in [0.2, 0.25) is 5.88 Å². The van der Waals surface area contributed by atoms with E-state index < -0.39 is 5.60 Å². The summed E-state index contributed by atoms with van der Waals surface area (Å²) in [5.41, 5.74) is 0.913. The highest BCUT2D eigenvalue weighted by Gasteiger charge is 2.23. The summed E-state index contributed by atoms with van der Waals surface area (Å²) in [6.07, 6.45) is 4.27. The third-order valence-electron chi connectivity index (χ3n) is 4.72. The molecule has 0 bridgehead atoms. The van der Waals surface area contributed by atoms with Gasteiger partial charge in [0.05, 0.1) is 19.7 Å². The highest BCUT2D eigenvalue weighted by molar-refractivity contribution is 14.0. The van der Waals surface area contributed by atoms with Gasteiger partial charge in [-0.2, -0.15) is 0 Å². The summed E-state index contributed by atoms with van der Waals surface area (Å²) in [4.78, 5) is 8.90. The van der Waals surface area contributed by atoms with Crippen LogP contribution in [0.1, 0.15) is 37.8 Å². The van der Waals surface area contributed by atoms with Crippen molar-refractivity contribution in [3.8, 4) is 5.88 Å². The monoisotopic (exact) mass is 510 g/mol. The van der Waals surface area contributed by atoms with Crippen LogP contribution in [-0.4, -0.2) is 35.7 Å². The third-order valence-corrected chi connectivity index (χ3v) is 4.72. The predicted molar refractivity (Wildman–Crippen MR) is 127 cm³/mol. The number of pyridine rings is 1. The Bertz CT molecular complexity index is 779. The highest BCUT2D eigenvalue weighted by atomic mass is 127. The topological polar surface area (TPSA) is 78.8 Å². The molecule has 1 aromatic carbocycles. The number of rotatable bonds is 9. The molecule has 0 aliphatic heterocycles. The van der Waals surface area contributed by atoms with Crippen molar-refractivity contribution in [3.63, 3.8) is 0 Å². The van der Waals surface area contributed by atoms with Crippen LogP contribution >= 0.6 is 24.0 Å². The Kier molecular flexibility index (Phi) is 9.16. The number of aliphatic hydroxyl groups is 1. The van der Waals surface area contributed by atoms with E-state index in [1.807, 2.05) is 49.4 Å². The number of ether oxygens (including phenoxy) is 1. The number of aromatic nitrogens is 1. The van der Waals surface area contributed by atoms with Gasteiger partial charge in [-0.3, -0.25) is 0 Å². The Morgan fingerprint density at radius 3 is 2.69 bits per heavy atom. The van der Waals surface area contributed by atoms with Crippen LogP contribution < -0.4 is 15.4 Å². The Hall–Kier alpha value is -1.87. The molecule has 158 valence electrons. The van der Waals surface area contributed by atoms with Gasteiger partial charge >= 0.3 is 0 Å². The summed E-state index contributed by atoms with van der Waals surface area (Å²) >= 11 is 0. The smallest absolute Gasteiger partial charge is 0.213 e. The SMILES string of the molecule is CCNC(=NCc1ccnc(OCC2CC2)c1)NCC(C)(O)c1ccccc1.I. The number of nitrogens with zero attached hydrogens (tertiary/aromatic N) is 2. The van der Waals surface area contributed by atoms with Crippen molar-refractivity contribution in [3.05, 3.63) is 59.8 Å². The molecule has 1 aliphatic carbocycles. The molecule has 0 amide bonds. The summed E-state index contributed by atoms with van der Waals surface area (Å²) in [6.45, 7) is 6.16. The van der Waals surface area contributed by atoms with E-state index in [1.54, 1.807) is 13.1 Å². The van der Waals surface area contributed by atoms with Crippen LogP contribution in [0.25, 0.3) is 0 Å². The molecule has 1 unspecified atom stereocenters. The average molecular weight is 510 g/mol. The van der Waals surface area contributed by atoms with Gasteiger partial charge in [-0.1, -0.05) is 30.3 Å². The van der Waals surface area contributed by atoms with E-state index in [9.17, 15) is 5.11 Å². The molecule has 1 atom stereocenters. The minimum atomic E-state index is -0.988. The number of hydrogen-bond donors (Lipinski definition) is 3.